The molecule has 4 atom stereocenters. The van der Waals surface area contributed by atoms with E-state index >= 15 is 0 Å². The lowest BCUT2D eigenvalue weighted by atomic mass is 10.0. The van der Waals surface area contributed by atoms with Crippen LogP contribution in [0.25, 0.3) is 0 Å². The lowest BCUT2D eigenvalue weighted by molar-refractivity contribution is -0.0484. The number of aromatic nitrogens is 2. The quantitative estimate of drug-likeness (QED) is 0.642. The second kappa shape index (κ2) is 4.92. The number of rotatable bonds is 2. The van der Waals surface area contributed by atoms with Crippen LogP contribution in [0.4, 0.5) is 0 Å². The highest BCUT2D eigenvalue weighted by atomic mass is 16.5. The number of nitrogens with zero attached hydrogens (tertiary/aromatic N) is 1. The largest absolute Gasteiger partial charge is 0.394 e. The summed E-state index contributed by atoms with van der Waals surface area (Å²) in [5, 5.41) is 19.0. The van der Waals surface area contributed by atoms with E-state index in [1.165, 1.54) is 4.57 Å². The molecule has 1 aliphatic heterocycles. The van der Waals surface area contributed by atoms with Gasteiger partial charge in [0.2, 0.25) is 0 Å². The Labute approximate surface area is 109 Å². The Morgan fingerprint density at radius 3 is 2.53 bits per heavy atom. The second-order valence-electron chi connectivity index (χ2n) is 4.94. The zero-order valence-corrected chi connectivity index (χ0v) is 11.1. The van der Waals surface area contributed by atoms with Gasteiger partial charge in [-0.15, -0.1) is 0 Å². The van der Waals surface area contributed by atoms with Gasteiger partial charge in [-0.25, -0.2) is 4.79 Å². The summed E-state index contributed by atoms with van der Waals surface area (Å²) in [4.78, 5) is 25.6. The fourth-order valence-electron chi connectivity index (χ4n) is 2.39. The summed E-state index contributed by atoms with van der Waals surface area (Å²) in [6.07, 6.45) is -2.28. The number of hydrogen-bond acceptors (Lipinski definition) is 5. The third-order valence-electron chi connectivity index (χ3n) is 3.80. The third-order valence-corrected chi connectivity index (χ3v) is 3.80. The van der Waals surface area contributed by atoms with Crippen LogP contribution in [-0.2, 0) is 4.74 Å². The summed E-state index contributed by atoms with van der Waals surface area (Å²) in [6.45, 7) is 4.68. The smallest absolute Gasteiger partial charge is 0.330 e. The summed E-state index contributed by atoms with van der Waals surface area (Å²) in [7, 11) is 0. The highest BCUT2D eigenvalue weighted by Gasteiger charge is 2.42. The molecule has 106 valence electrons. The number of H-pyrrole nitrogens is 1. The molecule has 1 fully saturated rings. The van der Waals surface area contributed by atoms with Gasteiger partial charge in [-0.3, -0.25) is 14.3 Å². The zero-order valence-electron chi connectivity index (χ0n) is 11.1. The second-order valence-corrected chi connectivity index (χ2v) is 4.94. The van der Waals surface area contributed by atoms with E-state index in [2.05, 4.69) is 4.98 Å². The molecule has 1 aromatic rings. The Morgan fingerprint density at radius 2 is 2.00 bits per heavy atom. The van der Waals surface area contributed by atoms with Gasteiger partial charge in [0.15, 0.2) is 0 Å². The van der Waals surface area contributed by atoms with E-state index in [-0.39, 0.29) is 12.5 Å². The van der Waals surface area contributed by atoms with Crippen LogP contribution >= 0.6 is 0 Å². The van der Waals surface area contributed by atoms with Crippen molar-refractivity contribution >= 4 is 0 Å². The molecular weight excluding hydrogens is 252 g/mol. The van der Waals surface area contributed by atoms with Gasteiger partial charge in [0.25, 0.3) is 5.56 Å². The molecule has 7 nitrogen and oxygen atoms in total. The monoisotopic (exact) mass is 270 g/mol. The van der Waals surface area contributed by atoms with E-state index in [9.17, 15) is 14.7 Å². The summed E-state index contributed by atoms with van der Waals surface area (Å²) in [5.41, 5.74) is -0.0758. The molecule has 2 rings (SSSR count). The van der Waals surface area contributed by atoms with Gasteiger partial charge >= 0.3 is 5.69 Å². The standard InChI is InChI=1S/C12H18N2O5/c1-5-7(3)14(12(18)13-10(5)17)11-6(2)9(16)8(4-15)19-11/h6,8-9,11,15-16H,4H2,1-3H3,(H,13,17,18)/t6?,8-,9?,11-/m1/s1. The maximum Gasteiger partial charge on any atom is 0.330 e. The fraction of sp³-hybridized carbons (Fsp3) is 0.667. The van der Waals surface area contributed by atoms with E-state index in [4.69, 9.17) is 9.84 Å². The van der Waals surface area contributed by atoms with Crippen LogP contribution in [0, 0.1) is 19.8 Å². The molecule has 2 unspecified atom stereocenters. The summed E-state index contributed by atoms with van der Waals surface area (Å²) in [5.74, 6) is -0.362. The molecular formula is C12H18N2O5. The minimum Gasteiger partial charge on any atom is -0.394 e. The number of aliphatic hydroxyl groups is 2. The normalized spacial score (nSPS) is 30.8. The van der Waals surface area contributed by atoms with Crippen LogP contribution in [-0.4, -0.2) is 38.6 Å². The van der Waals surface area contributed by atoms with Crippen molar-refractivity contribution in [3.05, 3.63) is 32.1 Å². The van der Waals surface area contributed by atoms with E-state index in [0.717, 1.165) is 0 Å². The van der Waals surface area contributed by atoms with Gasteiger partial charge < -0.3 is 14.9 Å². The molecule has 1 aliphatic rings. The molecule has 0 bridgehead atoms. The molecule has 3 N–H and O–H groups in total. The Balaban J connectivity index is 2.52. The van der Waals surface area contributed by atoms with Gasteiger partial charge in [0, 0.05) is 17.2 Å². The molecule has 19 heavy (non-hydrogen) atoms. The highest BCUT2D eigenvalue weighted by molar-refractivity contribution is 5.14. The SMILES string of the molecule is Cc1c(C)n([C@@H]2O[C@H](CO)C(O)C2C)c(=O)[nH]c1=O. The van der Waals surface area contributed by atoms with Gasteiger partial charge in [0.05, 0.1) is 12.7 Å². The first-order valence-corrected chi connectivity index (χ1v) is 6.15. The van der Waals surface area contributed by atoms with Crippen molar-refractivity contribution in [1.82, 2.24) is 9.55 Å². The van der Waals surface area contributed by atoms with Crippen molar-refractivity contribution in [1.29, 1.82) is 0 Å². The molecule has 0 amide bonds. The van der Waals surface area contributed by atoms with E-state index < -0.39 is 29.7 Å². The predicted molar refractivity (Wildman–Crippen MR) is 67.0 cm³/mol. The maximum atomic E-state index is 11.9. The Hall–Kier alpha value is -1.44. The predicted octanol–water partition coefficient (Wildman–Crippen LogP) is -0.960. The van der Waals surface area contributed by atoms with Crippen LogP contribution in [0.3, 0.4) is 0 Å². The van der Waals surface area contributed by atoms with Gasteiger partial charge in [-0.1, -0.05) is 6.92 Å². The molecule has 7 heteroatoms. The van der Waals surface area contributed by atoms with E-state index in [1.807, 2.05) is 0 Å². The molecule has 1 aromatic heterocycles. The molecule has 0 radical (unpaired) electrons. The van der Waals surface area contributed by atoms with Crippen molar-refractivity contribution in [3.8, 4) is 0 Å². The zero-order chi connectivity index (χ0) is 14.3. The summed E-state index contributed by atoms with van der Waals surface area (Å²) in [6, 6.07) is 0. The van der Waals surface area contributed by atoms with Crippen LogP contribution in [0.5, 0.6) is 0 Å². The minimum absolute atomic E-state index is 0.321. The van der Waals surface area contributed by atoms with E-state index in [1.54, 1.807) is 20.8 Å². The molecule has 2 heterocycles. The average molecular weight is 270 g/mol. The maximum absolute atomic E-state index is 11.9. The molecule has 0 aromatic carbocycles. The third kappa shape index (κ3) is 2.13. The summed E-state index contributed by atoms with van der Waals surface area (Å²) >= 11 is 0. The Kier molecular flexibility index (Phi) is 3.62. The number of hydrogen-bond donors (Lipinski definition) is 3. The van der Waals surface area contributed by atoms with Crippen LogP contribution in [0.1, 0.15) is 24.4 Å². The van der Waals surface area contributed by atoms with Crippen molar-refractivity contribution in [2.45, 2.75) is 39.2 Å². The lowest BCUT2D eigenvalue weighted by Gasteiger charge is -2.21. The fourth-order valence-corrected chi connectivity index (χ4v) is 2.39. The lowest BCUT2D eigenvalue weighted by Crippen LogP contribution is -2.37. The summed E-state index contributed by atoms with van der Waals surface area (Å²) < 4.78 is 6.84. The average Bonchev–Trinajstić information content (AvgIpc) is 2.64. The van der Waals surface area contributed by atoms with E-state index in [0.29, 0.717) is 11.3 Å². The highest BCUT2D eigenvalue weighted by Crippen LogP contribution is 2.34. The van der Waals surface area contributed by atoms with Gasteiger partial charge in [-0.2, -0.15) is 0 Å². The van der Waals surface area contributed by atoms with Crippen molar-refractivity contribution < 1.29 is 14.9 Å². The topological polar surface area (TPSA) is 105 Å². The molecule has 0 aliphatic carbocycles. The number of aromatic amines is 1. The Morgan fingerprint density at radius 1 is 1.37 bits per heavy atom. The minimum atomic E-state index is -0.853. The molecule has 0 saturated carbocycles. The van der Waals surface area contributed by atoms with Gasteiger partial charge in [0.1, 0.15) is 12.3 Å². The van der Waals surface area contributed by atoms with Crippen molar-refractivity contribution in [2.75, 3.05) is 6.61 Å². The van der Waals surface area contributed by atoms with Crippen LogP contribution in [0.2, 0.25) is 0 Å². The number of ether oxygens (including phenoxy) is 1. The number of nitrogens with one attached hydrogen (secondary N) is 1. The molecule has 0 spiro atoms. The molecule has 1 saturated heterocycles. The van der Waals surface area contributed by atoms with Crippen LogP contribution < -0.4 is 11.2 Å². The Bertz CT molecular complexity index is 591. The first-order chi connectivity index (χ1) is 8.88. The van der Waals surface area contributed by atoms with Crippen molar-refractivity contribution in [2.24, 2.45) is 5.92 Å². The number of aliphatic hydroxyl groups excluding tert-OH is 2. The van der Waals surface area contributed by atoms with Gasteiger partial charge in [-0.05, 0) is 13.8 Å². The first-order valence-electron chi connectivity index (χ1n) is 6.15. The van der Waals surface area contributed by atoms with Crippen LogP contribution in [0.15, 0.2) is 9.59 Å². The van der Waals surface area contributed by atoms with Crippen molar-refractivity contribution in [3.63, 3.8) is 0 Å². The first kappa shape index (κ1) is 14.0.